The molecule has 2 amide bonds. The molecule has 42 heavy (non-hydrogen) atoms. The van der Waals surface area contributed by atoms with Crippen molar-refractivity contribution in [3.8, 4) is 22.4 Å². The number of nitrogens with zero attached hydrogens (tertiary/aromatic N) is 1. The molecule has 1 heterocycles. The van der Waals surface area contributed by atoms with E-state index in [-0.39, 0.29) is 17.7 Å². The van der Waals surface area contributed by atoms with Gasteiger partial charge in [-0.3, -0.25) is 14.6 Å². The highest BCUT2D eigenvalue weighted by atomic mass is 16.6. The van der Waals surface area contributed by atoms with Crippen LogP contribution in [0, 0.1) is 11.8 Å². The first-order valence-electron chi connectivity index (χ1n) is 14.5. The summed E-state index contributed by atoms with van der Waals surface area (Å²) >= 11 is 0. The number of anilines is 1. The predicted molar refractivity (Wildman–Crippen MR) is 164 cm³/mol. The van der Waals surface area contributed by atoms with Crippen LogP contribution in [0.4, 0.5) is 10.5 Å². The van der Waals surface area contributed by atoms with Crippen LogP contribution in [0.3, 0.4) is 0 Å². The Hall–Kier alpha value is -4.20. The number of benzene rings is 2. The number of carbonyl (C=O) groups excluding carboxylic acids is 2. The van der Waals surface area contributed by atoms with Crippen LogP contribution in [-0.4, -0.2) is 33.7 Å². The second kappa shape index (κ2) is 12.8. The molecule has 8 nitrogen and oxygen atoms in total. The summed E-state index contributed by atoms with van der Waals surface area (Å²) in [5.41, 5.74) is 3.82. The lowest BCUT2D eigenvalue weighted by Gasteiger charge is -2.29. The molecule has 2 aromatic carbocycles. The third kappa shape index (κ3) is 8.18. The van der Waals surface area contributed by atoms with E-state index in [2.05, 4.69) is 10.6 Å². The van der Waals surface area contributed by atoms with Crippen molar-refractivity contribution >= 4 is 23.7 Å². The molecule has 3 aromatic rings. The molecule has 0 bridgehead atoms. The van der Waals surface area contributed by atoms with E-state index in [9.17, 15) is 19.5 Å². The average molecular weight is 572 g/mol. The van der Waals surface area contributed by atoms with Gasteiger partial charge in [-0.2, -0.15) is 0 Å². The minimum atomic E-state index is -0.742. The fraction of sp³-hybridized carbons (Fsp3) is 0.412. The van der Waals surface area contributed by atoms with E-state index in [4.69, 9.17) is 9.72 Å². The Bertz CT molecular complexity index is 1400. The van der Waals surface area contributed by atoms with E-state index in [0.717, 1.165) is 40.8 Å². The Kier molecular flexibility index (Phi) is 9.34. The number of pyridine rings is 1. The summed E-state index contributed by atoms with van der Waals surface area (Å²) in [7, 11) is 0. The maximum atomic E-state index is 12.9. The van der Waals surface area contributed by atoms with Crippen molar-refractivity contribution in [1.29, 1.82) is 0 Å². The van der Waals surface area contributed by atoms with Gasteiger partial charge >= 0.3 is 12.1 Å². The third-order valence-corrected chi connectivity index (χ3v) is 7.62. The van der Waals surface area contributed by atoms with Gasteiger partial charge in [0.2, 0.25) is 5.91 Å². The molecule has 8 heteroatoms. The van der Waals surface area contributed by atoms with Gasteiger partial charge in [0.1, 0.15) is 5.60 Å². The zero-order chi connectivity index (χ0) is 30.5. The number of amides is 2. The van der Waals surface area contributed by atoms with Crippen molar-refractivity contribution in [2.24, 2.45) is 11.8 Å². The number of hydrogen-bond donors (Lipinski definition) is 3. The van der Waals surface area contributed by atoms with Crippen LogP contribution in [-0.2, 0) is 19.9 Å². The smallest absolute Gasteiger partial charge is 0.408 e. The van der Waals surface area contributed by atoms with Crippen molar-refractivity contribution in [1.82, 2.24) is 10.3 Å². The summed E-state index contributed by atoms with van der Waals surface area (Å²) in [6.45, 7) is 9.34. The van der Waals surface area contributed by atoms with Crippen LogP contribution in [0.25, 0.3) is 22.4 Å². The van der Waals surface area contributed by atoms with Crippen molar-refractivity contribution in [3.05, 3.63) is 72.4 Å². The maximum absolute atomic E-state index is 12.9. The summed E-state index contributed by atoms with van der Waals surface area (Å²) in [6.07, 6.45) is 4.29. The Labute approximate surface area is 247 Å². The maximum Gasteiger partial charge on any atom is 0.408 e. The summed E-state index contributed by atoms with van der Waals surface area (Å²) in [6, 6.07) is 19.7. The SMILES string of the molecule is CC(C)(C)OC(=O)NC(C)(C)c1ccc(-c2ncc(NC(=O)C[C@H]3CC[C@H](C(=O)O)CC3)cc2-c2ccccc2)cc1. The lowest BCUT2D eigenvalue weighted by atomic mass is 9.80. The minimum Gasteiger partial charge on any atom is -0.481 e. The van der Waals surface area contributed by atoms with Crippen LogP contribution in [0.1, 0.15) is 72.3 Å². The Morgan fingerprint density at radius 2 is 1.55 bits per heavy atom. The van der Waals surface area contributed by atoms with Crippen molar-refractivity contribution in [2.75, 3.05) is 5.32 Å². The zero-order valence-electron chi connectivity index (χ0n) is 25.1. The molecule has 0 saturated heterocycles. The molecule has 1 aliphatic rings. The number of carboxylic acid groups (broad SMARTS) is 1. The minimum absolute atomic E-state index is 0.0913. The summed E-state index contributed by atoms with van der Waals surface area (Å²) < 4.78 is 5.44. The van der Waals surface area contributed by atoms with E-state index >= 15 is 0 Å². The van der Waals surface area contributed by atoms with Gasteiger partial charge in [0.05, 0.1) is 29.0 Å². The molecule has 222 valence electrons. The van der Waals surface area contributed by atoms with Crippen LogP contribution in [0.15, 0.2) is 66.9 Å². The number of hydrogen-bond acceptors (Lipinski definition) is 5. The quantitative estimate of drug-likeness (QED) is 0.259. The molecule has 0 unspecified atom stereocenters. The molecule has 0 spiro atoms. The van der Waals surface area contributed by atoms with Gasteiger partial charge in [-0.15, -0.1) is 0 Å². The summed E-state index contributed by atoms with van der Waals surface area (Å²) in [4.78, 5) is 41.3. The van der Waals surface area contributed by atoms with E-state index in [1.807, 2.05) is 95.3 Å². The van der Waals surface area contributed by atoms with Gasteiger partial charge in [-0.1, -0.05) is 54.6 Å². The first kappa shape index (κ1) is 30.8. The average Bonchev–Trinajstić information content (AvgIpc) is 2.92. The number of aliphatic carboxylic acids is 1. The number of rotatable bonds is 8. The monoisotopic (exact) mass is 571 g/mol. The Morgan fingerprint density at radius 3 is 2.14 bits per heavy atom. The number of carboxylic acids is 1. The summed E-state index contributed by atoms with van der Waals surface area (Å²) in [5, 5.41) is 15.2. The fourth-order valence-electron chi connectivity index (χ4n) is 5.36. The number of alkyl carbamates (subject to hydrolysis) is 1. The van der Waals surface area contributed by atoms with Gasteiger partial charge in [0, 0.05) is 17.5 Å². The van der Waals surface area contributed by atoms with Crippen LogP contribution >= 0.6 is 0 Å². The highest BCUT2D eigenvalue weighted by molar-refractivity contribution is 5.93. The number of nitrogens with one attached hydrogen (secondary N) is 2. The van der Waals surface area contributed by atoms with Gasteiger partial charge in [-0.05, 0) is 83.4 Å². The molecular formula is C34H41N3O5. The molecule has 1 fully saturated rings. The lowest BCUT2D eigenvalue weighted by molar-refractivity contribution is -0.143. The summed E-state index contributed by atoms with van der Waals surface area (Å²) in [5.74, 6) is -0.940. The highest BCUT2D eigenvalue weighted by Gasteiger charge is 2.28. The molecule has 1 aromatic heterocycles. The normalized spacial score (nSPS) is 17.3. The lowest BCUT2D eigenvalue weighted by Crippen LogP contribution is -2.43. The fourth-order valence-corrected chi connectivity index (χ4v) is 5.36. The third-order valence-electron chi connectivity index (χ3n) is 7.62. The van der Waals surface area contributed by atoms with Crippen LogP contribution in [0.5, 0.6) is 0 Å². The van der Waals surface area contributed by atoms with Crippen molar-refractivity contribution < 1.29 is 24.2 Å². The first-order chi connectivity index (χ1) is 19.8. The van der Waals surface area contributed by atoms with Gasteiger partial charge in [0.15, 0.2) is 0 Å². The molecule has 3 N–H and O–H groups in total. The second-order valence-electron chi connectivity index (χ2n) is 12.6. The highest BCUT2D eigenvalue weighted by Crippen LogP contribution is 2.35. The molecule has 0 atom stereocenters. The molecule has 4 rings (SSSR count). The van der Waals surface area contributed by atoms with Gasteiger partial charge in [-0.25, -0.2) is 4.79 Å². The van der Waals surface area contributed by atoms with Crippen molar-refractivity contribution in [3.63, 3.8) is 0 Å². The first-order valence-corrected chi connectivity index (χ1v) is 14.5. The molecule has 1 aliphatic carbocycles. The van der Waals surface area contributed by atoms with Crippen molar-refractivity contribution in [2.45, 2.75) is 77.9 Å². The Balaban J connectivity index is 1.52. The second-order valence-corrected chi connectivity index (χ2v) is 12.6. The van der Waals surface area contributed by atoms with Crippen LogP contribution in [0.2, 0.25) is 0 Å². The molecule has 0 aliphatic heterocycles. The largest absolute Gasteiger partial charge is 0.481 e. The van der Waals surface area contributed by atoms with Gasteiger partial charge < -0.3 is 20.5 Å². The van der Waals surface area contributed by atoms with E-state index in [1.165, 1.54) is 0 Å². The van der Waals surface area contributed by atoms with E-state index in [1.54, 1.807) is 6.20 Å². The molecule has 1 saturated carbocycles. The number of ether oxygens (including phenoxy) is 1. The zero-order valence-corrected chi connectivity index (χ0v) is 25.1. The van der Waals surface area contributed by atoms with Crippen LogP contribution < -0.4 is 10.6 Å². The number of carbonyl (C=O) groups is 3. The Morgan fingerprint density at radius 1 is 0.905 bits per heavy atom. The van der Waals surface area contributed by atoms with E-state index < -0.39 is 23.2 Å². The molecule has 0 radical (unpaired) electrons. The van der Waals surface area contributed by atoms with Gasteiger partial charge in [0.25, 0.3) is 0 Å². The standard InChI is InChI=1S/C34H41N3O5/c1-33(2,3)42-32(41)37-34(4,5)26-17-15-24(16-18-26)30-28(23-9-7-6-8-10-23)20-27(21-35-30)36-29(38)19-22-11-13-25(14-12-22)31(39)40/h6-10,15-18,20-22,25H,11-14,19H2,1-5H3,(H,36,38)(H,37,41)(H,39,40)/t22-,25-. The predicted octanol–water partition coefficient (Wildman–Crippen LogP) is 7.40. The van der Waals surface area contributed by atoms with E-state index in [0.29, 0.717) is 24.9 Å². The number of aromatic nitrogens is 1. The topological polar surface area (TPSA) is 118 Å². The molecular weight excluding hydrogens is 530 g/mol.